The number of amides is 1. The van der Waals surface area contributed by atoms with Crippen molar-refractivity contribution >= 4 is 42.1 Å². The van der Waals surface area contributed by atoms with Crippen LogP contribution in [0.4, 0.5) is 0 Å². The van der Waals surface area contributed by atoms with E-state index in [1.807, 2.05) is 33.1 Å². The Kier molecular flexibility index (Phi) is 6.73. The van der Waals surface area contributed by atoms with Crippen LogP contribution >= 0.6 is 36.2 Å². The van der Waals surface area contributed by atoms with Crippen molar-refractivity contribution in [3.8, 4) is 0 Å². The number of carbonyl (C=O) groups is 1. The Morgan fingerprint density at radius 2 is 2.17 bits per heavy atom. The van der Waals surface area contributed by atoms with Crippen molar-refractivity contribution in [2.75, 3.05) is 6.61 Å². The second-order valence-corrected chi connectivity index (χ2v) is 8.04. The van der Waals surface area contributed by atoms with Crippen molar-refractivity contribution in [1.82, 2.24) is 10.3 Å². The molecule has 0 radical (unpaired) electrons. The van der Waals surface area contributed by atoms with Crippen molar-refractivity contribution in [1.29, 1.82) is 0 Å². The predicted molar refractivity (Wildman–Crippen MR) is 101 cm³/mol. The molecule has 8 heteroatoms. The van der Waals surface area contributed by atoms with Gasteiger partial charge in [-0.2, -0.15) is 0 Å². The lowest BCUT2D eigenvalue weighted by atomic mass is 9.46. The first-order valence-corrected chi connectivity index (χ1v) is 8.80. The first-order chi connectivity index (χ1) is 10.3. The molecule has 0 bridgehead atoms. The molecule has 1 saturated heterocycles. The zero-order chi connectivity index (χ0) is 16.1. The van der Waals surface area contributed by atoms with Crippen LogP contribution in [0.3, 0.4) is 0 Å². The third-order valence-electron chi connectivity index (χ3n) is 5.42. The van der Waals surface area contributed by atoms with Crippen LogP contribution in [0.5, 0.6) is 0 Å². The molecule has 0 aromatic carbocycles. The van der Waals surface area contributed by atoms with Gasteiger partial charge in [0.2, 0.25) is 5.91 Å². The van der Waals surface area contributed by atoms with Gasteiger partial charge in [-0.3, -0.25) is 4.79 Å². The summed E-state index contributed by atoms with van der Waals surface area (Å²) in [6, 6.07) is -0.119. The van der Waals surface area contributed by atoms with Crippen LogP contribution in [0.25, 0.3) is 0 Å². The molecule has 138 valence electrons. The van der Waals surface area contributed by atoms with Gasteiger partial charge in [-0.1, -0.05) is 13.8 Å². The van der Waals surface area contributed by atoms with Gasteiger partial charge >= 0.3 is 0 Å². The number of aryl methyl sites for hydroxylation is 1. The van der Waals surface area contributed by atoms with Crippen molar-refractivity contribution in [3.05, 3.63) is 16.1 Å². The van der Waals surface area contributed by atoms with Crippen molar-refractivity contribution in [2.24, 2.45) is 17.1 Å². The van der Waals surface area contributed by atoms with Crippen LogP contribution in [-0.2, 0) is 9.53 Å². The number of hydrogen-bond acceptors (Lipinski definition) is 5. The molecule has 3 N–H and O–H groups in total. The highest BCUT2D eigenvalue weighted by molar-refractivity contribution is 7.09. The fourth-order valence-electron chi connectivity index (χ4n) is 3.99. The van der Waals surface area contributed by atoms with Crippen LogP contribution in [0.15, 0.2) is 5.38 Å². The zero-order valence-corrected chi connectivity index (χ0v) is 16.9. The molecule has 4 atom stereocenters. The number of ether oxygens (including phenoxy) is 1. The van der Waals surface area contributed by atoms with Crippen LogP contribution in [0.1, 0.15) is 50.4 Å². The fraction of sp³-hybridized carbons (Fsp3) is 0.750. The van der Waals surface area contributed by atoms with Crippen LogP contribution in [-0.4, -0.2) is 29.1 Å². The van der Waals surface area contributed by atoms with E-state index in [4.69, 9.17) is 10.5 Å². The number of thiazole rings is 1. The highest BCUT2D eigenvalue weighted by atomic mass is 35.5. The van der Waals surface area contributed by atoms with E-state index >= 15 is 0 Å². The molecular formula is C16H27Cl2N3O2S. The van der Waals surface area contributed by atoms with E-state index in [0.29, 0.717) is 0 Å². The van der Waals surface area contributed by atoms with E-state index in [2.05, 4.69) is 10.3 Å². The zero-order valence-electron chi connectivity index (χ0n) is 14.5. The van der Waals surface area contributed by atoms with Crippen molar-refractivity contribution in [3.63, 3.8) is 0 Å². The average Bonchev–Trinajstić information content (AvgIpc) is 2.93. The molecule has 1 aromatic heterocycles. The van der Waals surface area contributed by atoms with Crippen molar-refractivity contribution < 1.29 is 9.53 Å². The van der Waals surface area contributed by atoms with Gasteiger partial charge in [0.15, 0.2) is 0 Å². The summed E-state index contributed by atoms with van der Waals surface area (Å²) in [6.45, 7) is 8.77. The number of halogens is 2. The Labute approximate surface area is 159 Å². The van der Waals surface area contributed by atoms with Crippen LogP contribution < -0.4 is 11.1 Å². The molecule has 3 rings (SSSR count). The quantitative estimate of drug-likeness (QED) is 0.824. The smallest absolute Gasteiger partial charge is 0.241 e. The number of aromatic nitrogens is 1. The lowest BCUT2D eigenvalue weighted by molar-refractivity contribution is -0.225. The topological polar surface area (TPSA) is 77.2 Å². The SMILES string of the molecule is Cc1csc(C(C)NC(=O)C2(N)C3CCCOC3C2(C)C)n1.Cl.Cl. The second-order valence-electron chi connectivity index (χ2n) is 7.15. The highest BCUT2D eigenvalue weighted by Crippen LogP contribution is 2.57. The normalized spacial score (nSPS) is 31.5. The number of carbonyl (C=O) groups excluding carboxylic acids is 1. The largest absolute Gasteiger partial charge is 0.377 e. The predicted octanol–water partition coefficient (Wildman–Crippen LogP) is 3.00. The van der Waals surface area contributed by atoms with E-state index < -0.39 is 5.54 Å². The number of rotatable bonds is 3. The van der Waals surface area contributed by atoms with Gasteiger partial charge in [-0.05, 0) is 26.7 Å². The molecular weight excluding hydrogens is 369 g/mol. The van der Waals surface area contributed by atoms with E-state index in [-0.39, 0.29) is 54.2 Å². The Hall–Kier alpha value is -0.400. The maximum atomic E-state index is 12.9. The molecule has 2 heterocycles. The summed E-state index contributed by atoms with van der Waals surface area (Å²) in [5.41, 5.74) is 6.37. The summed E-state index contributed by atoms with van der Waals surface area (Å²) < 4.78 is 5.86. The maximum absolute atomic E-state index is 12.9. The molecule has 4 unspecified atom stereocenters. The van der Waals surface area contributed by atoms with Gasteiger partial charge in [0.05, 0.1) is 12.1 Å². The average molecular weight is 396 g/mol. The van der Waals surface area contributed by atoms with Gasteiger partial charge < -0.3 is 15.8 Å². The lowest BCUT2D eigenvalue weighted by Gasteiger charge is -2.65. The molecule has 1 amide bonds. The molecule has 1 aliphatic carbocycles. The van der Waals surface area contributed by atoms with Crippen LogP contribution in [0.2, 0.25) is 0 Å². The number of hydrogen-bond donors (Lipinski definition) is 2. The Morgan fingerprint density at radius 1 is 1.50 bits per heavy atom. The Morgan fingerprint density at radius 3 is 2.75 bits per heavy atom. The first-order valence-electron chi connectivity index (χ1n) is 7.92. The summed E-state index contributed by atoms with van der Waals surface area (Å²) in [5, 5.41) is 5.98. The van der Waals surface area contributed by atoms with E-state index in [0.717, 1.165) is 30.2 Å². The molecule has 1 saturated carbocycles. The van der Waals surface area contributed by atoms with Crippen LogP contribution in [0, 0.1) is 18.3 Å². The Balaban J connectivity index is 0.00000144. The minimum absolute atomic E-state index is 0. The molecule has 0 spiro atoms. The first kappa shape index (κ1) is 21.6. The van der Waals surface area contributed by atoms with Gasteiger partial charge in [0, 0.05) is 29.0 Å². The lowest BCUT2D eigenvalue weighted by Crippen LogP contribution is -2.82. The molecule has 2 fully saturated rings. The number of nitrogens with two attached hydrogens (primary N) is 1. The molecule has 24 heavy (non-hydrogen) atoms. The summed E-state index contributed by atoms with van der Waals surface area (Å²) in [4.78, 5) is 17.3. The number of fused-ring (bicyclic) bond motifs is 1. The molecule has 5 nitrogen and oxygen atoms in total. The third-order valence-corrected chi connectivity index (χ3v) is 6.56. The summed E-state index contributed by atoms with van der Waals surface area (Å²) in [6.07, 6.45) is 2.03. The van der Waals surface area contributed by atoms with E-state index in [1.54, 1.807) is 11.3 Å². The Bertz CT molecular complexity index is 596. The van der Waals surface area contributed by atoms with Gasteiger partial charge in [0.1, 0.15) is 10.5 Å². The third kappa shape index (κ3) is 3.07. The van der Waals surface area contributed by atoms with Gasteiger partial charge in [-0.15, -0.1) is 36.2 Å². The maximum Gasteiger partial charge on any atom is 0.241 e. The van der Waals surface area contributed by atoms with Crippen molar-refractivity contribution in [2.45, 2.75) is 58.2 Å². The number of nitrogens with one attached hydrogen (secondary N) is 1. The number of nitrogens with zero attached hydrogens (tertiary/aromatic N) is 1. The summed E-state index contributed by atoms with van der Waals surface area (Å²) >= 11 is 1.57. The monoisotopic (exact) mass is 395 g/mol. The van der Waals surface area contributed by atoms with E-state index in [1.165, 1.54) is 0 Å². The molecule has 2 aliphatic rings. The van der Waals surface area contributed by atoms with Gasteiger partial charge in [-0.25, -0.2) is 4.98 Å². The minimum atomic E-state index is -0.862. The molecule has 1 aromatic rings. The second kappa shape index (κ2) is 7.46. The standard InChI is InChI=1S/C16H25N3O2S.2ClH/c1-9-8-22-13(18-9)10(2)19-14(20)16(17)11-6-5-7-21-12(11)15(16,3)4;;/h8,10-12H,5-7,17H2,1-4H3,(H,19,20);2*1H. The van der Waals surface area contributed by atoms with E-state index in [9.17, 15) is 4.79 Å². The highest BCUT2D eigenvalue weighted by Gasteiger charge is 2.70. The fourth-order valence-corrected chi connectivity index (χ4v) is 4.79. The molecule has 1 aliphatic heterocycles. The summed E-state index contributed by atoms with van der Waals surface area (Å²) in [7, 11) is 0. The summed E-state index contributed by atoms with van der Waals surface area (Å²) in [5.74, 6) is 0.0334. The minimum Gasteiger partial charge on any atom is -0.377 e. The van der Waals surface area contributed by atoms with Gasteiger partial charge in [0.25, 0.3) is 0 Å².